The Hall–Kier alpha value is -3.87. The minimum Gasteiger partial charge on any atom is -0.354 e. The minimum absolute atomic E-state index is 0.0701. The maximum atomic E-state index is 14.3. The maximum Gasteiger partial charge on any atom is 0.259 e. The zero-order chi connectivity index (χ0) is 29.1. The SMILES string of the molecule is CC(C)CNC(=O)C(Cc1ccccc1)N(Cc1ccc(Cl)cc1Cl)C(=O)CN1C(=O)c2cccc3cccc1c23. The van der Waals surface area contributed by atoms with E-state index in [1.807, 2.05) is 74.5 Å². The molecule has 0 saturated carbocycles. The van der Waals surface area contributed by atoms with Gasteiger partial charge in [-0.1, -0.05) is 97.7 Å². The number of halogens is 2. The van der Waals surface area contributed by atoms with E-state index in [9.17, 15) is 14.4 Å². The highest BCUT2D eigenvalue weighted by molar-refractivity contribution is 6.35. The van der Waals surface area contributed by atoms with Gasteiger partial charge in [0, 0.05) is 40.5 Å². The topological polar surface area (TPSA) is 69.7 Å². The lowest BCUT2D eigenvalue weighted by molar-refractivity contribution is -0.140. The average molecular weight is 589 g/mol. The van der Waals surface area contributed by atoms with Crippen LogP contribution < -0.4 is 10.2 Å². The number of nitrogens with one attached hydrogen (secondary N) is 1. The molecule has 1 aliphatic heterocycles. The van der Waals surface area contributed by atoms with E-state index in [-0.39, 0.29) is 36.7 Å². The van der Waals surface area contributed by atoms with E-state index < -0.39 is 6.04 Å². The van der Waals surface area contributed by atoms with Gasteiger partial charge in [-0.15, -0.1) is 0 Å². The number of rotatable bonds is 10. The van der Waals surface area contributed by atoms with Gasteiger partial charge in [-0.3, -0.25) is 19.3 Å². The molecular weight excluding hydrogens is 557 g/mol. The van der Waals surface area contributed by atoms with Crippen molar-refractivity contribution in [1.29, 1.82) is 0 Å². The molecule has 0 bridgehead atoms. The molecule has 0 aromatic heterocycles. The van der Waals surface area contributed by atoms with E-state index in [1.54, 1.807) is 24.3 Å². The summed E-state index contributed by atoms with van der Waals surface area (Å²) in [6.45, 7) is 4.34. The minimum atomic E-state index is -0.841. The third kappa shape index (κ3) is 6.24. The second-order valence-corrected chi connectivity index (χ2v) is 11.5. The van der Waals surface area contributed by atoms with Crippen LogP contribution in [0.5, 0.6) is 0 Å². The van der Waals surface area contributed by atoms with Gasteiger partial charge in [0.25, 0.3) is 5.91 Å². The molecule has 210 valence electrons. The van der Waals surface area contributed by atoms with Crippen LogP contribution in [0.4, 0.5) is 5.69 Å². The standard InChI is InChI=1S/C33H31Cl2N3O3/c1-21(2)18-36-32(40)29(16-22-8-4-3-5-9-22)37(19-24-14-15-25(34)17-27(24)35)30(39)20-38-28-13-7-11-23-10-6-12-26(31(23)28)33(38)41/h3-15,17,21,29H,16,18-20H2,1-2H3,(H,36,40). The number of carbonyl (C=O) groups excluding carboxylic acids is 3. The summed E-state index contributed by atoms with van der Waals surface area (Å²) >= 11 is 12.7. The zero-order valence-corrected chi connectivity index (χ0v) is 24.5. The van der Waals surface area contributed by atoms with Crippen molar-refractivity contribution in [2.24, 2.45) is 5.92 Å². The van der Waals surface area contributed by atoms with Crippen molar-refractivity contribution >= 4 is 57.4 Å². The number of carbonyl (C=O) groups is 3. The third-order valence-electron chi connectivity index (χ3n) is 7.25. The number of anilines is 1. The molecule has 0 spiro atoms. The fourth-order valence-corrected chi connectivity index (χ4v) is 5.64. The van der Waals surface area contributed by atoms with Crippen molar-refractivity contribution in [3.8, 4) is 0 Å². The molecule has 1 unspecified atom stereocenters. The van der Waals surface area contributed by atoms with Gasteiger partial charge in [-0.25, -0.2) is 0 Å². The Bertz CT molecular complexity index is 1600. The summed E-state index contributed by atoms with van der Waals surface area (Å²) in [7, 11) is 0. The summed E-state index contributed by atoms with van der Waals surface area (Å²) in [5.41, 5.74) is 2.81. The van der Waals surface area contributed by atoms with Crippen LogP contribution in [-0.2, 0) is 22.6 Å². The molecule has 0 aliphatic carbocycles. The van der Waals surface area contributed by atoms with Gasteiger partial charge in [0.2, 0.25) is 11.8 Å². The highest BCUT2D eigenvalue weighted by atomic mass is 35.5. The summed E-state index contributed by atoms with van der Waals surface area (Å²) in [4.78, 5) is 44.5. The molecule has 4 aromatic rings. The molecule has 1 heterocycles. The molecular formula is C33H31Cl2N3O3. The van der Waals surface area contributed by atoms with Gasteiger partial charge in [0.15, 0.2) is 0 Å². The molecule has 1 N–H and O–H groups in total. The van der Waals surface area contributed by atoms with Crippen LogP contribution in [0.25, 0.3) is 10.8 Å². The molecule has 4 aromatic carbocycles. The van der Waals surface area contributed by atoms with Gasteiger partial charge >= 0.3 is 0 Å². The van der Waals surface area contributed by atoms with Crippen LogP contribution >= 0.6 is 23.2 Å². The zero-order valence-electron chi connectivity index (χ0n) is 22.9. The molecule has 41 heavy (non-hydrogen) atoms. The molecule has 5 rings (SSSR count). The van der Waals surface area contributed by atoms with Crippen LogP contribution in [0, 0.1) is 5.92 Å². The van der Waals surface area contributed by atoms with E-state index >= 15 is 0 Å². The molecule has 1 atom stereocenters. The third-order valence-corrected chi connectivity index (χ3v) is 7.84. The van der Waals surface area contributed by atoms with Crippen molar-refractivity contribution in [2.45, 2.75) is 32.9 Å². The van der Waals surface area contributed by atoms with Gasteiger partial charge in [-0.05, 0) is 46.7 Å². The number of nitrogens with zero attached hydrogens (tertiary/aromatic N) is 2. The van der Waals surface area contributed by atoms with Crippen LogP contribution in [0.2, 0.25) is 10.0 Å². The second kappa shape index (κ2) is 12.3. The summed E-state index contributed by atoms with van der Waals surface area (Å²) in [5.74, 6) is -0.639. The maximum absolute atomic E-state index is 14.3. The van der Waals surface area contributed by atoms with Gasteiger partial charge in [0.1, 0.15) is 12.6 Å². The first-order chi connectivity index (χ1) is 19.7. The first-order valence-corrected chi connectivity index (χ1v) is 14.4. The predicted octanol–water partition coefficient (Wildman–Crippen LogP) is 6.52. The summed E-state index contributed by atoms with van der Waals surface area (Å²) in [6, 6.07) is 25.1. The van der Waals surface area contributed by atoms with Crippen molar-refractivity contribution in [2.75, 3.05) is 18.0 Å². The van der Waals surface area contributed by atoms with Crippen molar-refractivity contribution in [1.82, 2.24) is 10.2 Å². The van der Waals surface area contributed by atoms with Crippen molar-refractivity contribution < 1.29 is 14.4 Å². The van der Waals surface area contributed by atoms with E-state index in [1.165, 1.54) is 9.80 Å². The van der Waals surface area contributed by atoms with Crippen LogP contribution in [0.3, 0.4) is 0 Å². The van der Waals surface area contributed by atoms with Crippen LogP contribution in [0.1, 0.15) is 35.3 Å². The van der Waals surface area contributed by atoms with E-state index in [4.69, 9.17) is 23.2 Å². The highest BCUT2D eigenvalue weighted by Crippen LogP contribution is 2.37. The summed E-state index contributed by atoms with van der Waals surface area (Å²) < 4.78 is 0. The van der Waals surface area contributed by atoms with Crippen LogP contribution in [-0.4, -0.2) is 41.8 Å². The van der Waals surface area contributed by atoms with Gasteiger partial charge in [-0.2, -0.15) is 0 Å². The lowest BCUT2D eigenvalue weighted by atomic mass is 10.0. The first kappa shape index (κ1) is 28.7. The lowest BCUT2D eigenvalue weighted by Gasteiger charge is -2.33. The molecule has 0 fully saturated rings. The number of amides is 3. The second-order valence-electron chi connectivity index (χ2n) is 10.7. The monoisotopic (exact) mass is 587 g/mol. The predicted molar refractivity (Wildman–Crippen MR) is 164 cm³/mol. The number of hydrogen-bond acceptors (Lipinski definition) is 3. The highest BCUT2D eigenvalue weighted by Gasteiger charge is 2.36. The number of benzene rings is 4. The fraction of sp³-hybridized carbons (Fsp3) is 0.242. The normalized spacial score (nSPS) is 13.1. The Morgan fingerprint density at radius 1 is 0.927 bits per heavy atom. The fourth-order valence-electron chi connectivity index (χ4n) is 5.17. The number of hydrogen-bond donors (Lipinski definition) is 1. The molecule has 0 radical (unpaired) electrons. The Morgan fingerprint density at radius 2 is 1.66 bits per heavy atom. The molecule has 3 amide bonds. The van der Waals surface area contributed by atoms with Crippen molar-refractivity contribution in [3.63, 3.8) is 0 Å². The molecule has 8 heteroatoms. The summed E-state index contributed by atoms with van der Waals surface area (Å²) in [5, 5.41) is 5.64. The lowest BCUT2D eigenvalue weighted by Crippen LogP contribution is -2.53. The average Bonchev–Trinajstić information content (AvgIpc) is 3.23. The Kier molecular flexibility index (Phi) is 8.62. The Morgan fingerprint density at radius 3 is 2.37 bits per heavy atom. The first-order valence-electron chi connectivity index (χ1n) is 13.6. The largest absolute Gasteiger partial charge is 0.354 e. The summed E-state index contributed by atoms with van der Waals surface area (Å²) in [6.07, 6.45) is 0.297. The van der Waals surface area contributed by atoms with E-state index in [0.717, 1.165) is 16.3 Å². The smallest absolute Gasteiger partial charge is 0.259 e. The van der Waals surface area contributed by atoms with E-state index in [2.05, 4.69) is 5.32 Å². The van der Waals surface area contributed by atoms with Gasteiger partial charge < -0.3 is 10.2 Å². The van der Waals surface area contributed by atoms with Crippen molar-refractivity contribution in [3.05, 3.63) is 112 Å². The molecule has 0 saturated heterocycles. The van der Waals surface area contributed by atoms with E-state index in [0.29, 0.717) is 39.8 Å². The Labute approximate surface area is 249 Å². The molecule has 1 aliphatic rings. The van der Waals surface area contributed by atoms with Crippen LogP contribution in [0.15, 0.2) is 84.9 Å². The van der Waals surface area contributed by atoms with Gasteiger partial charge in [0.05, 0.1) is 5.69 Å². The quantitative estimate of drug-likeness (QED) is 0.229. The molecule has 6 nitrogen and oxygen atoms in total. The Balaban J connectivity index is 1.52.